The van der Waals surface area contributed by atoms with E-state index in [9.17, 15) is 26.3 Å². The fourth-order valence-electron chi connectivity index (χ4n) is 3.87. The lowest BCUT2D eigenvalue weighted by Crippen LogP contribution is -2.44. The van der Waals surface area contributed by atoms with Crippen molar-refractivity contribution in [3.63, 3.8) is 0 Å². The Morgan fingerprint density at radius 3 is 2.29 bits per heavy atom. The number of anilines is 1. The van der Waals surface area contributed by atoms with E-state index < -0.39 is 24.3 Å². The van der Waals surface area contributed by atoms with Crippen molar-refractivity contribution in [2.24, 2.45) is 10.7 Å². The topological polar surface area (TPSA) is 41.6 Å². The lowest BCUT2D eigenvalue weighted by atomic mass is 9.79. The van der Waals surface area contributed by atoms with Crippen LogP contribution < -0.4 is 10.6 Å². The van der Waals surface area contributed by atoms with Crippen molar-refractivity contribution in [1.29, 1.82) is 0 Å². The van der Waals surface area contributed by atoms with Gasteiger partial charge in [0, 0.05) is 33.7 Å². The quantitative estimate of drug-likeness (QED) is 0.184. The predicted molar refractivity (Wildman–Crippen MR) is 125 cm³/mol. The molecule has 34 heavy (non-hydrogen) atoms. The van der Waals surface area contributed by atoms with Gasteiger partial charge in [-0.2, -0.15) is 26.3 Å². The summed E-state index contributed by atoms with van der Waals surface area (Å²) in [5, 5.41) is 0.277. The molecule has 1 aliphatic heterocycles. The first-order valence-corrected chi connectivity index (χ1v) is 11.8. The number of thioether (sulfide) groups is 1. The number of rotatable bonds is 6. The van der Waals surface area contributed by atoms with E-state index in [-0.39, 0.29) is 46.7 Å². The number of halogens is 8. The zero-order valence-electron chi connectivity index (χ0n) is 17.9. The van der Waals surface area contributed by atoms with Crippen LogP contribution in [0.4, 0.5) is 32.0 Å². The van der Waals surface area contributed by atoms with Gasteiger partial charge in [0.2, 0.25) is 0 Å². The number of aliphatic imine (C=N–C) groups is 1. The Labute approximate surface area is 207 Å². The van der Waals surface area contributed by atoms with Crippen LogP contribution in [0.5, 0.6) is 0 Å². The van der Waals surface area contributed by atoms with Crippen molar-refractivity contribution in [3.8, 4) is 0 Å². The average Bonchev–Trinajstić information content (AvgIpc) is 3.17. The molecule has 0 radical (unpaired) electrons. The number of hydrogen-bond donors (Lipinski definition) is 1. The summed E-state index contributed by atoms with van der Waals surface area (Å²) in [5.74, 6) is -0.0762. The van der Waals surface area contributed by atoms with Gasteiger partial charge in [-0.1, -0.05) is 23.2 Å². The summed E-state index contributed by atoms with van der Waals surface area (Å²) >= 11 is 13.2. The fourth-order valence-corrected chi connectivity index (χ4v) is 5.24. The highest BCUT2D eigenvalue weighted by Crippen LogP contribution is 2.49. The molecule has 0 spiro atoms. The van der Waals surface area contributed by atoms with E-state index in [2.05, 4.69) is 4.99 Å². The third-order valence-electron chi connectivity index (χ3n) is 5.59. The van der Waals surface area contributed by atoms with Gasteiger partial charge < -0.3 is 10.6 Å². The average molecular weight is 544 g/mol. The summed E-state index contributed by atoms with van der Waals surface area (Å²) in [6, 6.07) is 9.17. The van der Waals surface area contributed by atoms with Crippen LogP contribution in [-0.2, 0) is 5.41 Å². The molecule has 2 aromatic carbocycles. The Balaban J connectivity index is 1.78. The van der Waals surface area contributed by atoms with Crippen LogP contribution in [0.15, 0.2) is 46.3 Å². The van der Waals surface area contributed by atoms with E-state index in [0.29, 0.717) is 5.69 Å². The number of amidine groups is 1. The number of nitrogens with zero attached hydrogens (tertiary/aromatic N) is 2. The Morgan fingerprint density at radius 1 is 1.09 bits per heavy atom. The third kappa shape index (κ3) is 6.26. The van der Waals surface area contributed by atoms with Crippen LogP contribution in [0.3, 0.4) is 0 Å². The molecule has 1 aliphatic rings. The molecule has 2 N–H and O–H groups in total. The molecular weight excluding hydrogens is 523 g/mol. The summed E-state index contributed by atoms with van der Waals surface area (Å²) in [7, 11) is 0. The molecule has 0 saturated carbocycles. The minimum Gasteiger partial charge on any atom is -0.387 e. The molecule has 3 rings (SSSR count). The summed E-state index contributed by atoms with van der Waals surface area (Å²) in [6.45, 7) is 0.312. The molecule has 12 heteroatoms. The number of aryl methyl sites for hydroxylation is 1. The van der Waals surface area contributed by atoms with Crippen molar-refractivity contribution in [1.82, 2.24) is 0 Å². The van der Waals surface area contributed by atoms with Gasteiger partial charge in [0.25, 0.3) is 0 Å². The maximum absolute atomic E-state index is 14.3. The summed E-state index contributed by atoms with van der Waals surface area (Å²) in [5.41, 5.74) is 4.83. The van der Waals surface area contributed by atoms with E-state index in [1.807, 2.05) is 0 Å². The van der Waals surface area contributed by atoms with Crippen LogP contribution in [0.2, 0.25) is 10.0 Å². The molecule has 3 nitrogen and oxygen atoms in total. The first-order valence-electron chi connectivity index (χ1n) is 10.1. The second-order valence-corrected chi connectivity index (χ2v) is 9.96. The number of alkyl halides is 6. The van der Waals surface area contributed by atoms with Crippen molar-refractivity contribution >= 4 is 46.5 Å². The Bertz CT molecular complexity index is 1050. The SMILES string of the molecule is Cc1cc(N2CCC(c3cc(Cl)cc(Cl)c3)(C(F)(F)F)C2)ccc1SCC(N)=NCC(F)(F)F. The second kappa shape index (κ2) is 10.1. The van der Waals surface area contributed by atoms with E-state index in [0.717, 1.165) is 10.5 Å². The Morgan fingerprint density at radius 2 is 1.74 bits per heavy atom. The number of nitrogens with two attached hydrogens (primary N) is 1. The van der Waals surface area contributed by atoms with E-state index in [4.69, 9.17) is 28.9 Å². The smallest absolute Gasteiger partial charge is 0.387 e. The Hall–Kier alpha value is -1.78. The van der Waals surface area contributed by atoms with Crippen LogP contribution in [0, 0.1) is 6.92 Å². The first-order chi connectivity index (χ1) is 15.7. The normalized spacial score (nSPS) is 19.7. The maximum atomic E-state index is 14.3. The Kier molecular flexibility index (Phi) is 7.94. The highest BCUT2D eigenvalue weighted by molar-refractivity contribution is 8.00. The van der Waals surface area contributed by atoms with Crippen LogP contribution in [0.1, 0.15) is 17.5 Å². The van der Waals surface area contributed by atoms with E-state index in [1.54, 1.807) is 30.0 Å². The molecule has 1 atom stereocenters. The first kappa shape index (κ1) is 26.8. The number of hydrogen-bond acceptors (Lipinski definition) is 3. The molecule has 0 aromatic heterocycles. The third-order valence-corrected chi connectivity index (χ3v) is 7.23. The van der Waals surface area contributed by atoms with Crippen LogP contribution in [0.25, 0.3) is 0 Å². The minimum atomic E-state index is -4.52. The molecule has 1 fully saturated rings. The highest BCUT2D eigenvalue weighted by atomic mass is 35.5. The van der Waals surface area contributed by atoms with Crippen molar-refractivity contribution in [2.45, 2.75) is 36.0 Å². The molecule has 2 aromatic rings. The molecule has 1 saturated heterocycles. The van der Waals surface area contributed by atoms with Gasteiger partial charge in [0.1, 0.15) is 17.8 Å². The zero-order chi connectivity index (χ0) is 25.3. The van der Waals surface area contributed by atoms with Crippen LogP contribution in [-0.4, -0.2) is 43.6 Å². The van der Waals surface area contributed by atoms with Gasteiger partial charge in [-0.05, 0) is 60.9 Å². The van der Waals surface area contributed by atoms with Gasteiger partial charge in [-0.25, -0.2) is 0 Å². The monoisotopic (exact) mass is 543 g/mol. The van der Waals surface area contributed by atoms with Gasteiger partial charge in [0.05, 0.1) is 5.75 Å². The molecule has 0 amide bonds. The molecule has 0 bridgehead atoms. The molecule has 0 aliphatic carbocycles. The van der Waals surface area contributed by atoms with Gasteiger partial charge in [0.15, 0.2) is 0 Å². The fraction of sp³-hybridized carbons (Fsp3) is 0.409. The second-order valence-electron chi connectivity index (χ2n) is 8.07. The van der Waals surface area contributed by atoms with E-state index in [1.165, 1.54) is 30.0 Å². The molecular formula is C22H21Cl2F6N3S. The minimum absolute atomic E-state index is 0.0255. The molecule has 1 unspecified atom stereocenters. The lowest BCUT2D eigenvalue weighted by Gasteiger charge is -2.33. The zero-order valence-corrected chi connectivity index (χ0v) is 20.2. The van der Waals surface area contributed by atoms with Gasteiger partial charge >= 0.3 is 12.4 Å². The van der Waals surface area contributed by atoms with Crippen molar-refractivity contribution in [3.05, 3.63) is 57.6 Å². The molecule has 1 heterocycles. The molecule has 186 valence electrons. The van der Waals surface area contributed by atoms with Crippen LogP contribution >= 0.6 is 35.0 Å². The van der Waals surface area contributed by atoms with Gasteiger partial charge in [-0.15, -0.1) is 11.8 Å². The van der Waals surface area contributed by atoms with Gasteiger partial charge in [-0.3, -0.25) is 4.99 Å². The summed E-state index contributed by atoms with van der Waals surface area (Å²) in [6.07, 6.45) is -9.10. The summed E-state index contributed by atoms with van der Waals surface area (Å²) < 4.78 is 79.7. The predicted octanol–water partition coefficient (Wildman–Crippen LogP) is 7.02. The lowest BCUT2D eigenvalue weighted by molar-refractivity contribution is -0.184. The highest BCUT2D eigenvalue weighted by Gasteiger charge is 2.59. The van der Waals surface area contributed by atoms with Crippen molar-refractivity contribution < 1.29 is 26.3 Å². The summed E-state index contributed by atoms with van der Waals surface area (Å²) in [4.78, 5) is 5.72. The number of benzene rings is 2. The van der Waals surface area contributed by atoms with E-state index >= 15 is 0 Å². The largest absolute Gasteiger partial charge is 0.408 e. The standard InChI is InChI=1S/C22H21Cl2F6N3S/c1-13-6-17(2-3-18(13)34-10-19(31)32-11-21(25,26)27)33-5-4-20(12-33,22(28,29)30)14-7-15(23)9-16(24)8-14/h2-3,6-9H,4-5,10-12H2,1H3,(H2,31,32). The maximum Gasteiger partial charge on any atom is 0.408 e. The van der Waals surface area contributed by atoms with Crippen molar-refractivity contribution in [2.75, 3.05) is 30.3 Å².